The first-order valence-corrected chi connectivity index (χ1v) is 22.8. The van der Waals surface area contributed by atoms with Crippen molar-refractivity contribution in [1.29, 1.82) is 0 Å². The smallest absolute Gasteiger partial charge is 0.187 e. The maximum atomic E-state index is 12.8. The monoisotopic (exact) mass is 870 g/mol. The van der Waals surface area contributed by atoms with Gasteiger partial charge in [0.25, 0.3) is 0 Å². The molecule has 0 aromatic carbocycles. The van der Waals surface area contributed by atoms with Gasteiger partial charge in [0, 0.05) is 17.8 Å². The SMILES string of the molecule is CC1CCC2(OC1)OC1CC3C4CC=C5CC(OC6OC(CO)C(O)C(OC7OCC(O)(CO)C7O)C6OC6OC(C)C(O)C(O)C6O)CCC5(C)C4CCC3(C)C1(O)C2C. The minimum Gasteiger partial charge on any atom is -0.394 e. The molecule has 5 aliphatic heterocycles. The molecule has 1 spiro atoms. The number of aliphatic hydroxyl groups is 9. The number of ether oxygens (including phenoxy) is 8. The highest BCUT2D eigenvalue weighted by atomic mass is 16.8. The molecule has 24 atom stereocenters. The fraction of sp³-hybridized carbons (Fsp3) is 0.955. The molecule has 0 amide bonds. The van der Waals surface area contributed by atoms with Gasteiger partial charge in [0.05, 0.1) is 44.7 Å². The number of hydrogen-bond acceptors (Lipinski definition) is 17. The number of hydrogen-bond donors (Lipinski definition) is 9. The lowest BCUT2D eigenvalue weighted by molar-refractivity contribution is -0.382. The van der Waals surface area contributed by atoms with Crippen LogP contribution >= 0.6 is 0 Å². The molecular weight excluding hydrogens is 800 g/mol. The first-order chi connectivity index (χ1) is 28.8. The highest BCUT2D eigenvalue weighted by molar-refractivity contribution is 5.29. The van der Waals surface area contributed by atoms with Crippen LogP contribution in [0.3, 0.4) is 0 Å². The number of rotatable bonds is 8. The zero-order valence-electron chi connectivity index (χ0n) is 36.0. The molecule has 0 bridgehead atoms. The summed E-state index contributed by atoms with van der Waals surface area (Å²) in [7, 11) is 0. The van der Waals surface area contributed by atoms with Crippen molar-refractivity contribution < 1.29 is 83.9 Å². The van der Waals surface area contributed by atoms with E-state index in [1.165, 1.54) is 12.5 Å². The van der Waals surface area contributed by atoms with Gasteiger partial charge in [-0.15, -0.1) is 0 Å². The van der Waals surface area contributed by atoms with Crippen molar-refractivity contribution in [3.8, 4) is 0 Å². The van der Waals surface area contributed by atoms with Crippen LogP contribution in [0.2, 0.25) is 0 Å². The Balaban J connectivity index is 0.941. The lowest BCUT2D eigenvalue weighted by atomic mass is 9.46. The van der Waals surface area contributed by atoms with Crippen molar-refractivity contribution >= 4 is 0 Å². The summed E-state index contributed by atoms with van der Waals surface area (Å²) in [6.45, 7) is 9.18. The van der Waals surface area contributed by atoms with Gasteiger partial charge in [0.2, 0.25) is 0 Å². The molecule has 5 heterocycles. The van der Waals surface area contributed by atoms with Crippen LogP contribution in [-0.2, 0) is 37.9 Å². The highest BCUT2D eigenvalue weighted by Gasteiger charge is 2.76. The Labute approximate surface area is 357 Å². The van der Waals surface area contributed by atoms with Crippen LogP contribution in [0.15, 0.2) is 11.6 Å². The second-order valence-corrected chi connectivity index (χ2v) is 20.9. The van der Waals surface area contributed by atoms with Gasteiger partial charge in [-0.3, -0.25) is 0 Å². The van der Waals surface area contributed by atoms with Gasteiger partial charge in [-0.2, -0.15) is 0 Å². The van der Waals surface area contributed by atoms with Gasteiger partial charge in [-0.1, -0.05) is 39.3 Å². The molecule has 61 heavy (non-hydrogen) atoms. The largest absolute Gasteiger partial charge is 0.394 e. The summed E-state index contributed by atoms with van der Waals surface area (Å²) in [5.74, 6) is 0.664. The molecule has 9 aliphatic rings. The Morgan fingerprint density at radius 3 is 2.23 bits per heavy atom. The van der Waals surface area contributed by atoms with Gasteiger partial charge in [0.15, 0.2) is 24.7 Å². The summed E-state index contributed by atoms with van der Waals surface area (Å²) < 4.78 is 49.8. The maximum absolute atomic E-state index is 12.8. The molecule has 9 N–H and O–H groups in total. The summed E-state index contributed by atoms with van der Waals surface area (Å²) >= 11 is 0. The predicted octanol–water partition coefficient (Wildman–Crippen LogP) is -0.0303. The first kappa shape index (κ1) is 45.2. The second kappa shape index (κ2) is 16.1. The van der Waals surface area contributed by atoms with Crippen molar-refractivity contribution in [2.75, 3.05) is 26.4 Å². The van der Waals surface area contributed by atoms with Gasteiger partial charge < -0.3 is 83.9 Å². The molecular formula is C44H70O17. The van der Waals surface area contributed by atoms with Crippen LogP contribution in [0.25, 0.3) is 0 Å². The molecule has 5 saturated heterocycles. The van der Waals surface area contributed by atoms with E-state index < -0.39 is 117 Å². The van der Waals surface area contributed by atoms with E-state index in [1.807, 2.05) is 0 Å². The number of fused-ring (bicyclic) bond motifs is 7. The molecule has 0 radical (unpaired) electrons. The molecule has 24 unspecified atom stereocenters. The van der Waals surface area contributed by atoms with Crippen LogP contribution in [0.1, 0.15) is 92.4 Å². The summed E-state index contributed by atoms with van der Waals surface area (Å²) in [6.07, 6.45) is -8.70. The molecule has 17 heteroatoms. The lowest BCUT2D eigenvalue weighted by Gasteiger charge is -2.60. The van der Waals surface area contributed by atoms with Crippen LogP contribution < -0.4 is 0 Å². The Hall–Kier alpha value is -0.940. The molecule has 0 aromatic rings. The average molecular weight is 871 g/mol. The quantitative estimate of drug-likeness (QED) is 0.145. The predicted molar refractivity (Wildman–Crippen MR) is 210 cm³/mol. The molecule has 8 fully saturated rings. The summed E-state index contributed by atoms with van der Waals surface area (Å²) in [5.41, 5.74) is -2.17. The van der Waals surface area contributed by atoms with Gasteiger partial charge >= 0.3 is 0 Å². The van der Waals surface area contributed by atoms with E-state index in [2.05, 4.69) is 33.8 Å². The van der Waals surface area contributed by atoms with Crippen LogP contribution in [0.5, 0.6) is 0 Å². The van der Waals surface area contributed by atoms with E-state index in [0.29, 0.717) is 37.2 Å². The van der Waals surface area contributed by atoms with Crippen LogP contribution in [0.4, 0.5) is 0 Å². The van der Waals surface area contributed by atoms with Gasteiger partial charge in [0.1, 0.15) is 60.0 Å². The van der Waals surface area contributed by atoms with Crippen LogP contribution in [-0.4, -0.2) is 175 Å². The summed E-state index contributed by atoms with van der Waals surface area (Å²) in [5, 5.41) is 98.0. The third-order valence-corrected chi connectivity index (χ3v) is 17.7. The number of aliphatic hydroxyl groups excluding tert-OH is 7. The van der Waals surface area contributed by atoms with E-state index in [0.717, 1.165) is 44.9 Å². The second-order valence-electron chi connectivity index (χ2n) is 20.9. The van der Waals surface area contributed by atoms with Crippen molar-refractivity contribution in [2.45, 2.75) is 195 Å². The van der Waals surface area contributed by atoms with Crippen molar-refractivity contribution in [2.24, 2.45) is 40.4 Å². The van der Waals surface area contributed by atoms with Crippen molar-refractivity contribution in [1.82, 2.24) is 0 Å². The van der Waals surface area contributed by atoms with E-state index in [4.69, 9.17) is 37.9 Å². The molecule has 17 nitrogen and oxygen atoms in total. The zero-order valence-corrected chi connectivity index (χ0v) is 36.0. The Morgan fingerprint density at radius 1 is 0.787 bits per heavy atom. The highest BCUT2D eigenvalue weighted by Crippen LogP contribution is 2.72. The minimum atomic E-state index is -2.05. The third-order valence-electron chi connectivity index (χ3n) is 17.7. The lowest BCUT2D eigenvalue weighted by Crippen LogP contribution is -2.65. The molecule has 348 valence electrons. The third kappa shape index (κ3) is 6.89. The Bertz CT molecular complexity index is 1630. The molecule has 0 aromatic heterocycles. The standard InChI is InChI=1S/C44H70O17/c1-20-8-13-43(55-17-20)22(3)44(53)29(61-43)15-27-25-7-6-23-14-24(9-11-40(23,4)26(25)10-12-41(27,44)5)57-38-35(60-37-33(50)32(49)30(47)21(2)56-37)34(31(48)28(16-45)58-38)59-39-36(51)42(52,18-46)19-54-39/h6,20-22,24-39,45-53H,7-19H2,1-5H3. The Kier molecular flexibility index (Phi) is 12.0. The van der Waals surface area contributed by atoms with Crippen molar-refractivity contribution in [3.05, 3.63) is 11.6 Å². The zero-order chi connectivity index (χ0) is 43.6. The van der Waals surface area contributed by atoms with Crippen LogP contribution in [0, 0.1) is 40.4 Å². The summed E-state index contributed by atoms with van der Waals surface area (Å²) in [6, 6.07) is 0. The molecule has 3 saturated carbocycles. The topological polar surface area (TPSA) is 256 Å². The molecule has 4 aliphatic carbocycles. The first-order valence-electron chi connectivity index (χ1n) is 22.8. The van der Waals surface area contributed by atoms with Crippen molar-refractivity contribution in [3.63, 3.8) is 0 Å². The van der Waals surface area contributed by atoms with E-state index in [-0.39, 0.29) is 28.8 Å². The molecule has 9 rings (SSSR count). The maximum Gasteiger partial charge on any atom is 0.187 e. The van der Waals surface area contributed by atoms with Gasteiger partial charge in [-0.05, 0) is 87.4 Å². The normalized spacial score (nSPS) is 58.2. The van der Waals surface area contributed by atoms with Gasteiger partial charge in [-0.25, -0.2) is 0 Å². The Morgan fingerprint density at radius 2 is 1.54 bits per heavy atom. The fourth-order valence-corrected chi connectivity index (χ4v) is 13.7. The summed E-state index contributed by atoms with van der Waals surface area (Å²) in [4.78, 5) is 0. The average Bonchev–Trinajstić information content (AvgIpc) is 3.74. The van der Waals surface area contributed by atoms with E-state index in [1.54, 1.807) is 0 Å². The van der Waals surface area contributed by atoms with E-state index in [9.17, 15) is 46.0 Å². The minimum absolute atomic E-state index is 0.119. The number of allylic oxidation sites excluding steroid dienone is 1. The fourth-order valence-electron chi connectivity index (χ4n) is 13.7. The van der Waals surface area contributed by atoms with E-state index >= 15 is 0 Å².